The van der Waals surface area contributed by atoms with Gasteiger partial charge in [0.05, 0.1) is 0 Å². The van der Waals surface area contributed by atoms with Gasteiger partial charge >= 0.3 is 0 Å². The molecule has 2 rings (SSSR count). The first-order valence-corrected chi connectivity index (χ1v) is 7.88. The van der Waals surface area contributed by atoms with E-state index in [0.717, 1.165) is 18.1 Å². The molecule has 1 atom stereocenters. The number of hydrogen-bond donors (Lipinski definition) is 1. The molecule has 2 fully saturated rings. The van der Waals surface area contributed by atoms with Crippen molar-refractivity contribution >= 4 is 0 Å². The topological polar surface area (TPSA) is 18.5 Å². The molecule has 0 amide bonds. The minimum Gasteiger partial charge on any atom is -0.312 e. The molecule has 3 nitrogen and oxygen atoms in total. The molecule has 106 valence electrons. The molecule has 0 aromatic rings. The molecule has 3 heteroatoms. The van der Waals surface area contributed by atoms with Gasteiger partial charge in [-0.3, -0.25) is 4.90 Å². The Morgan fingerprint density at radius 2 is 1.56 bits per heavy atom. The molecule has 0 bridgehead atoms. The highest BCUT2D eigenvalue weighted by molar-refractivity contribution is 4.81. The van der Waals surface area contributed by atoms with E-state index in [-0.39, 0.29) is 0 Å². The summed E-state index contributed by atoms with van der Waals surface area (Å²) < 4.78 is 0. The standard InChI is InChI=1S/C15H31N3/c1-13(2)17-10-6-15(7-11-17)16-12-14(3)18-8-4-5-9-18/h13-16H,4-12H2,1-3H3. The second kappa shape index (κ2) is 6.88. The fraction of sp³-hybridized carbons (Fsp3) is 1.00. The summed E-state index contributed by atoms with van der Waals surface area (Å²) in [5.74, 6) is 0. The molecule has 1 N–H and O–H groups in total. The van der Waals surface area contributed by atoms with E-state index in [4.69, 9.17) is 0 Å². The highest BCUT2D eigenvalue weighted by Gasteiger charge is 2.22. The van der Waals surface area contributed by atoms with Gasteiger partial charge in [0.1, 0.15) is 0 Å². The van der Waals surface area contributed by atoms with Crippen LogP contribution in [0.3, 0.4) is 0 Å². The SMILES string of the molecule is CC(C)N1CCC(NCC(C)N2CCCC2)CC1. The van der Waals surface area contributed by atoms with Crippen molar-refractivity contribution in [2.24, 2.45) is 0 Å². The summed E-state index contributed by atoms with van der Waals surface area (Å²) in [6, 6.07) is 2.19. The Morgan fingerprint density at radius 1 is 0.944 bits per heavy atom. The normalized spacial score (nSPS) is 26.0. The first kappa shape index (κ1) is 14.3. The quantitative estimate of drug-likeness (QED) is 0.808. The lowest BCUT2D eigenvalue weighted by Crippen LogP contribution is -2.48. The monoisotopic (exact) mass is 253 g/mol. The fourth-order valence-corrected chi connectivity index (χ4v) is 3.27. The zero-order valence-corrected chi connectivity index (χ0v) is 12.5. The molecular weight excluding hydrogens is 222 g/mol. The summed E-state index contributed by atoms with van der Waals surface area (Å²) in [5, 5.41) is 3.79. The van der Waals surface area contributed by atoms with Gasteiger partial charge < -0.3 is 10.2 Å². The van der Waals surface area contributed by atoms with Crippen molar-refractivity contribution in [2.45, 2.75) is 64.6 Å². The van der Waals surface area contributed by atoms with Crippen LogP contribution in [0.4, 0.5) is 0 Å². The minimum atomic E-state index is 0.717. The Bertz CT molecular complexity index is 228. The molecule has 0 aromatic heterocycles. The molecule has 0 saturated carbocycles. The third kappa shape index (κ3) is 3.94. The average molecular weight is 253 g/mol. The van der Waals surface area contributed by atoms with Crippen LogP contribution in [0.5, 0.6) is 0 Å². The number of likely N-dealkylation sites (tertiary alicyclic amines) is 2. The number of hydrogen-bond acceptors (Lipinski definition) is 3. The molecule has 0 radical (unpaired) electrons. The van der Waals surface area contributed by atoms with Crippen LogP contribution in [0.15, 0.2) is 0 Å². The summed E-state index contributed by atoms with van der Waals surface area (Å²) >= 11 is 0. The van der Waals surface area contributed by atoms with Gasteiger partial charge in [-0.2, -0.15) is 0 Å². The van der Waals surface area contributed by atoms with Gasteiger partial charge in [0.25, 0.3) is 0 Å². The molecule has 1 unspecified atom stereocenters. The predicted octanol–water partition coefficient (Wildman–Crippen LogP) is 1.93. The number of nitrogens with zero attached hydrogens (tertiary/aromatic N) is 2. The van der Waals surface area contributed by atoms with Gasteiger partial charge in [-0.15, -0.1) is 0 Å². The van der Waals surface area contributed by atoms with Crippen molar-refractivity contribution < 1.29 is 0 Å². The van der Waals surface area contributed by atoms with Crippen LogP contribution in [-0.4, -0.2) is 60.6 Å². The summed E-state index contributed by atoms with van der Waals surface area (Å²) in [5.41, 5.74) is 0. The van der Waals surface area contributed by atoms with E-state index >= 15 is 0 Å². The van der Waals surface area contributed by atoms with E-state index < -0.39 is 0 Å². The van der Waals surface area contributed by atoms with Crippen LogP contribution in [0, 0.1) is 0 Å². The van der Waals surface area contributed by atoms with E-state index in [1.807, 2.05) is 0 Å². The third-order valence-electron chi connectivity index (χ3n) is 4.73. The molecule has 18 heavy (non-hydrogen) atoms. The number of nitrogens with one attached hydrogen (secondary N) is 1. The van der Waals surface area contributed by atoms with Crippen molar-refractivity contribution in [2.75, 3.05) is 32.7 Å². The van der Waals surface area contributed by atoms with Crippen molar-refractivity contribution in [1.29, 1.82) is 0 Å². The Balaban J connectivity index is 1.62. The van der Waals surface area contributed by atoms with Gasteiger partial charge in [0, 0.05) is 24.7 Å². The first-order chi connectivity index (χ1) is 8.66. The molecule has 2 saturated heterocycles. The Labute approximate surface area is 113 Å². The zero-order chi connectivity index (χ0) is 13.0. The molecular formula is C15H31N3. The van der Waals surface area contributed by atoms with Crippen molar-refractivity contribution in [3.63, 3.8) is 0 Å². The van der Waals surface area contributed by atoms with E-state index in [1.165, 1.54) is 58.4 Å². The van der Waals surface area contributed by atoms with Gasteiger partial charge in [0.15, 0.2) is 0 Å². The van der Waals surface area contributed by atoms with E-state index in [2.05, 4.69) is 35.9 Å². The molecule has 0 aromatic carbocycles. The van der Waals surface area contributed by atoms with E-state index in [9.17, 15) is 0 Å². The van der Waals surface area contributed by atoms with Crippen LogP contribution in [0.25, 0.3) is 0 Å². The Kier molecular flexibility index (Phi) is 5.46. The summed E-state index contributed by atoms with van der Waals surface area (Å²) in [7, 11) is 0. The lowest BCUT2D eigenvalue weighted by molar-refractivity contribution is 0.155. The molecule has 0 aliphatic carbocycles. The maximum absolute atomic E-state index is 3.79. The van der Waals surface area contributed by atoms with Gasteiger partial charge in [-0.05, 0) is 72.6 Å². The molecule has 0 spiro atoms. The fourth-order valence-electron chi connectivity index (χ4n) is 3.27. The lowest BCUT2D eigenvalue weighted by Gasteiger charge is -2.36. The van der Waals surface area contributed by atoms with Crippen LogP contribution in [0.1, 0.15) is 46.5 Å². The Morgan fingerprint density at radius 3 is 2.11 bits per heavy atom. The predicted molar refractivity (Wildman–Crippen MR) is 78.0 cm³/mol. The maximum Gasteiger partial charge on any atom is 0.0192 e. The highest BCUT2D eigenvalue weighted by atomic mass is 15.2. The average Bonchev–Trinajstić information content (AvgIpc) is 2.90. The Hall–Kier alpha value is -0.120. The number of piperidine rings is 1. The second-order valence-corrected chi connectivity index (χ2v) is 6.40. The van der Waals surface area contributed by atoms with E-state index in [0.29, 0.717) is 0 Å². The highest BCUT2D eigenvalue weighted by Crippen LogP contribution is 2.14. The molecule has 2 heterocycles. The summed E-state index contributed by atoms with van der Waals surface area (Å²) in [4.78, 5) is 5.23. The van der Waals surface area contributed by atoms with Gasteiger partial charge in [-0.1, -0.05) is 0 Å². The molecule has 2 aliphatic heterocycles. The summed E-state index contributed by atoms with van der Waals surface area (Å²) in [6.45, 7) is 13.3. The minimum absolute atomic E-state index is 0.717. The smallest absolute Gasteiger partial charge is 0.0192 e. The van der Waals surface area contributed by atoms with Crippen LogP contribution >= 0.6 is 0 Å². The van der Waals surface area contributed by atoms with Gasteiger partial charge in [0.2, 0.25) is 0 Å². The lowest BCUT2D eigenvalue weighted by atomic mass is 10.0. The van der Waals surface area contributed by atoms with Crippen molar-refractivity contribution in [3.8, 4) is 0 Å². The molecule has 2 aliphatic rings. The number of rotatable bonds is 5. The van der Waals surface area contributed by atoms with Crippen LogP contribution in [-0.2, 0) is 0 Å². The summed E-state index contributed by atoms with van der Waals surface area (Å²) in [6.07, 6.45) is 5.45. The van der Waals surface area contributed by atoms with Crippen LogP contribution in [0.2, 0.25) is 0 Å². The zero-order valence-electron chi connectivity index (χ0n) is 12.5. The van der Waals surface area contributed by atoms with Crippen LogP contribution < -0.4 is 5.32 Å². The van der Waals surface area contributed by atoms with Gasteiger partial charge in [-0.25, -0.2) is 0 Å². The largest absolute Gasteiger partial charge is 0.312 e. The van der Waals surface area contributed by atoms with Crippen molar-refractivity contribution in [3.05, 3.63) is 0 Å². The maximum atomic E-state index is 3.79. The first-order valence-electron chi connectivity index (χ1n) is 7.88. The van der Waals surface area contributed by atoms with E-state index in [1.54, 1.807) is 0 Å². The van der Waals surface area contributed by atoms with Crippen molar-refractivity contribution in [1.82, 2.24) is 15.1 Å². The second-order valence-electron chi connectivity index (χ2n) is 6.40. The third-order valence-corrected chi connectivity index (χ3v) is 4.73.